The van der Waals surface area contributed by atoms with Crippen molar-refractivity contribution in [2.24, 2.45) is 0 Å². The van der Waals surface area contributed by atoms with Crippen molar-refractivity contribution in [3.05, 3.63) is 119 Å². The summed E-state index contributed by atoms with van der Waals surface area (Å²) in [6.07, 6.45) is 5.09. The predicted molar refractivity (Wildman–Crippen MR) is 143 cm³/mol. The minimum atomic E-state index is 0.710. The third-order valence-electron chi connectivity index (χ3n) is 6.72. The molecular formula is C31H28N4. The molecule has 0 amide bonds. The van der Waals surface area contributed by atoms with Gasteiger partial charge in [-0.25, -0.2) is 9.97 Å². The van der Waals surface area contributed by atoms with Gasteiger partial charge in [0.05, 0.1) is 22.8 Å². The van der Waals surface area contributed by atoms with E-state index >= 15 is 0 Å². The van der Waals surface area contributed by atoms with E-state index in [9.17, 15) is 0 Å². The van der Waals surface area contributed by atoms with Crippen LogP contribution in [0.1, 0.15) is 33.6 Å². The summed E-state index contributed by atoms with van der Waals surface area (Å²) in [5.41, 5.74) is 13.5. The Labute approximate surface area is 205 Å². The fourth-order valence-electron chi connectivity index (χ4n) is 4.78. The van der Waals surface area contributed by atoms with E-state index in [-0.39, 0.29) is 0 Å². The van der Waals surface area contributed by atoms with Crippen molar-refractivity contribution >= 4 is 11.3 Å². The van der Waals surface area contributed by atoms with Crippen LogP contribution < -0.4 is 0 Å². The average Bonchev–Trinajstić information content (AvgIpc) is 3.38. The van der Waals surface area contributed by atoms with Gasteiger partial charge >= 0.3 is 0 Å². The molecule has 0 spiro atoms. The zero-order valence-electron chi connectivity index (χ0n) is 20.6. The Kier molecular flexibility index (Phi) is 5.03. The average molecular weight is 457 g/mol. The van der Waals surface area contributed by atoms with E-state index in [0.717, 1.165) is 33.8 Å². The Morgan fingerprint density at radius 2 is 0.857 bits per heavy atom. The van der Waals surface area contributed by atoms with Crippen molar-refractivity contribution < 1.29 is 0 Å². The summed E-state index contributed by atoms with van der Waals surface area (Å²) >= 11 is 0. The number of benzene rings is 2. The van der Waals surface area contributed by atoms with Gasteiger partial charge in [-0.05, 0) is 51.0 Å². The zero-order chi connectivity index (χ0) is 24.1. The van der Waals surface area contributed by atoms with E-state index in [2.05, 4.69) is 122 Å². The van der Waals surface area contributed by atoms with Gasteiger partial charge in [-0.1, -0.05) is 71.8 Å². The highest BCUT2D eigenvalue weighted by molar-refractivity contribution is 5.71. The molecule has 0 bridgehead atoms. The molecule has 0 aliphatic rings. The number of fused-ring (bicyclic) bond motifs is 2. The number of aromatic nitrogens is 4. The molecule has 0 fully saturated rings. The molecule has 4 heteroatoms. The first-order valence-corrected chi connectivity index (χ1v) is 12.1. The van der Waals surface area contributed by atoms with Gasteiger partial charge < -0.3 is 8.80 Å². The molecule has 35 heavy (non-hydrogen) atoms. The molecule has 0 N–H and O–H groups in total. The second-order valence-electron chi connectivity index (χ2n) is 9.59. The van der Waals surface area contributed by atoms with Crippen LogP contribution in [-0.2, 0) is 6.42 Å². The fourth-order valence-corrected chi connectivity index (χ4v) is 4.78. The Morgan fingerprint density at radius 3 is 1.26 bits per heavy atom. The number of hydrogen-bond donors (Lipinski definition) is 0. The predicted octanol–water partition coefficient (Wildman–Crippen LogP) is 7.14. The van der Waals surface area contributed by atoms with E-state index in [1.165, 1.54) is 33.6 Å². The van der Waals surface area contributed by atoms with Gasteiger partial charge in [-0.3, -0.25) is 0 Å². The minimum Gasteiger partial charge on any atom is -0.303 e. The number of hydrogen-bond acceptors (Lipinski definition) is 2. The summed E-state index contributed by atoms with van der Waals surface area (Å²) in [5.74, 6) is 0. The molecule has 4 aromatic heterocycles. The topological polar surface area (TPSA) is 34.6 Å². The van der Waals surface area contributed by atoms with Gasteiger partial charge in [-0.2, -0.15) is 0 Å². The van der Waals surface area contributed by atoms with Crippen LogP contribution in [0.3, 0.4) is 0 Å². The summed E-state index contributed by atoms with van der Waals surface area (Å²) in [6, 6.07) is 25.8. The summed E-state index contributed by atoms with van der Waals surface area (Å²) in [6.45, 7) is 8.49. The summed E-state index contributed by atoms with van der Waals surface area (Å²) in [7, 11) is 0. The lowest BCUT2D eigenvalue weighted by Crippen LogP contribution is -2.02. The van der Waals surface area contributed by atoms with Crippen LogP contribution in [0.4, 0.5) is 0 Å². The van der Waals surface area contributed by atoms with Gasteiger partial charge in [0.25, 0.3) is 0 Å². The first-order chi connectivity index (χ1) is 17.0. The minimum absolute atomic E-state index is 0.710. The fraction of sp³-hybridized carbons (Fsp3) is 0.161. The Hall–Kier alpha value is -4.18. The van der Waals surface area contributed by atoms with Crippen LogP contribution in [0.2, 0.25) is 0 Å². The van der Waals surface area contributed by atoms with Crippen LogP contribution in [0.15, 0.2) is 85.2 Å². The SMILES string of the molecule is Cc1ccc(-c2nc3ccc(C)cn3c2Cc2c(-c3ccc(C)cc3)nc3ccc(C)cn23)cc1. The van der Waals surface area contributed by atoms with Gasteiger partial charge in [-0.15, -0.1) is 0 Å². The van der Waals surface area contributed by atoms with E-state index in [0.29, 0.717) is 6.42 Å². The lowest BCUT2D eigenvalue weighted by molar-refractivity contribution is 0.957. The second-order valence-corrected chi connectivity index (χ2v) is 9.59. The number of imidazole rings is 2. The van der Waals surface area contributed by atoms with Gasteiger partial charge in [0.1, 0.15) is 11.3 Å². The Balaban J connectivity index is 1.61. The molecule has 2 aromatic carbocycles. The van der Waals surface area contributed by atoms with Crippen LogP contribution in [-0.4, -0.2) is 18.8 Å². The van der Waals surface area contributed by atoms with Gasteiger partial charge in [0, 0.05) is 29.9 Å². The number of pyridine rings is 2. The molecule has 4 heterocycles. The van der Waals surface area contributed by atoms with Crippen molar-refractivity contribution in [3.8, 4) is 22.5 Å². The highest BCUT2D eigenvalue weighted by Gasteiger charge is 2.20. The molecule has 0 atom stereocenters. The lowest BCUT2D eigenvalue weighted by atomic mass is 10.0. The van der Waals surface area contributed by atoms with Crippen molar-refractivity contribution in [2.45, 2.75) is 34.1 Å². The lowest BCUT2D eigenvalue weighted by Gasteiger charge is -2.10. The largest absolute Gasteiger partial charge is 0.303 e. The molecular weight excluding hydrogens is 428 g/mol. The quantitative estimate of drug-likeness (QED) is 0.282. The molecule has 0 saturated heterocycles. The van der Waals surface area contributed by atoms with Crippen LogP contribution in [0.5, 0.6) is 0 Å². The normalized spacial score (nSPS) is 11.5. The molecule has 0 unspecified atom stereocenters. The molecule has 6 aromatic rings. The molecule has 0 saturated carbocycles. The maximum atomic E-state index is 5.08. The zero-order valence-corrected chi connectivity index (χ0v) is 20.6. The third-order valence-corrected chi connectivity index (χ3v) is 6.72. The summed E-state index contributed by atoms with van der Waals surface area (Å²) in [4.78, 5) is 10.2. The van der Waals surface area contributed by atoms with Crippen LogP contribution in [0.25, 0.3) is 33.8 Å². The van der Waals surface area contributed by atoms with Crippen LogP contribution in [0, 0.1) is 27.7 Å². The van der Waals surface area contributed by atoms with Crippen molar-refractivity contribution in [2.75, 3.05) is 0 Å². The van der Waals surface area contributed by atoms with Crippen molar-refractivity contribution in [3.63, 3.8) is 0 Å². The van der Waals surface area contributed by atoms with Gasteiger partial charge in [0.15, 0.2) is 0 Å². The molecule has 0 aliphatic carbocycles. The molecule has 4 nitrogen and oxygen atoms in total. The maximum absolute atomic E-state index is 5.08. The smallest absolute Gasteiger partial charge is 0.137 e. The number of aryl methyl sites for hydroxylation is 4. The van der Waals surface area contributed by atoms with Crippen molar-refractivity contribution in [1.29, 1.82) is 0 Å². The van der Waals surface area contributed by atoms with Gasteiger partial charge in [0.2, 0.25) is 0 Å². The summed E-state index contributed by atoms with van der Waals surface area (Å²) < 4.78 is 4.50. The van der Waals surface area contributed by atoms with E-state index < -0.39 is 0 Å². The molecule has 0 radical (unpaired) electrons. The van der Waals surface area contributed by atoms with E-state index in [1.54, 1.807) is 0 Å². The van der Waals surface area contributed by atoms with E-state index in [4.69, 9.17) is 9.97 Å². The standard InChI is InChI=1S/C31H28N4/c1-20-5-11-24(12-6-20)30-26(34-18-22(3)9-15-28(34)32-30)17-27-31(25-13-7-21(2)8-14-25)33-29-16-10-23(4)19-35(27)29/h5-16,18-19H,17H2,1-4H3. The molecule has 6 rings (SSSR count). The highest BCUT2D eigenvalue weighted by atomic mass is 15.0. The second kappa shape index (κ2) is 8.24. The highest BCUT2D eigenvalue weighted by Crippen LogP contribution is 2.32. The number of nitrogens with zero attached hydrogens (tertiary/aromatic N) is 4. The first kappa shape index (κ1) is 21.4. The Bertz CT molecular complexity index is 1560. The number of rotatable bonds is 4. The Morgan fingerprint density at radius 1 is 0.486 bits per heavy atom. The molecule has 172 valence electrons. The van der Waals surface area contributed by atoms with Crippen molar-refractivity contribution in [1.82, 2.24) is 18.8 Å². The first-order valence-electron chi connectivity index (χ1n) is 12.1. The molecule has 0 aliphatic heterocycles. The van der Waals surface area contributed by atoms with E-state index in [1.807, 2.05) is 0 Å². The monoisotopic (exact) mass is 456 g/mol. The van der Waals surface area contributed by atoms with Crippen LogP contribution >= 0.6 is 0 Å². The maximum Gasteiger partial charge on any atom is 0.137 e. The summed E-state index contributed by atoms with van der Waals surface area (Å²) in [5, 5.41) is 0. The third kappa shape index (κ3) is 3.81.